The lowest BCUT2D eigenvalue weighted by Gasteiger charge is -2.10. The Morgan fingerprint density at radius 2 is 1.85 bits per heavy atom. The van der Waals surface area contributed by atoms with Crippen LogP contribution in [0.3, 0.4) is 0 Å². The average Bonchev–Trinajstić information content (AvgIpc) is 2.43. The summed E-state index contributed by atoms with van der Waals surface area (Å²) in [6.45, 7) is 0. The third kappa shape index (κ3) is 3.45. The third-order valence-corrected chi connectivity index (χ3v) is 3.75. The van der Waals surface area contributed by atoms with Gasteiger partial charge in [0.1, 0.15) is 5.75 Å². The topological polar surface area (TPSA) is 38.3 Å². The Kier molecular flexibility index (Phi) is 4.91. The molecule has 0 heterocycles. The summed E-state index contributed by atoms with van der Waals surface area (Å²) >= 11 is 15.4. The van der Waals surface area contributed by atoms with Gasteiger partial charge < -0.3 is 10.1 Å². The molecule has 0 fully saturated rings. The van der Waals surface area contributed by atoms with Crippen molar-refractivity contribution in [3.05, 3.63) is 56.5 Å². The minimum Gasteiger partial charge on any atom is -0.497 e. The Morgan fingerprint density at radius 3 is 2.55 bits per heavy atom. The fourth-order valence-electron chi connectivity index (χ4n) is 1.59. The number of carbonyl (C=O) groups is 1. The molecule has 104 valence electrons. The van der Waals surface area contributed by atoms with Gasteiger partial charge in [-0.25, -0.2) is 0 Å². The van der Waals surface area contributed by atoms with Crippen molar-refractivity contribution >= 4 is 50.7 Å². The Bertz CT molecular complexity index is 662. The molecule has 2 aromatic carbocycles. The van der Waals surface area contributed by atoms with Crippen LogP contribution in [-0.2, 0) is 0 Å². The molecule has 0 atom stereocenters. The molecule has 2 rings (SSSR count). The van der Waals surface area contributed by atoms with Gasteiger partial charge in [-0.05, 0) is 30.3 Å². The summed E-state index contributed by atoms with van der Waals surface area (Å²) in [5.74, 6) is 0.261. The van der Waals surface area contributed by atoms with Crippen molar-refractivity contribution < 1.29 is 9.53 Å². The molecule has 0 unspecified atom stereocenters. The highest BCUT2D eigenvalue weighted by Gasteiger charge is 2.13. The molecular weight excluding hydrogens is 365 g/mol. The standard InChI is InChI=1S/C14H10BrCl2NO2/c1-20-9-3-5-12(17)13(7-9)18-14(19)10-6-8(15)2-4-11(10)16/h2-7H,1H3,(H,18,19). The number of benzene rings is 2. The predicted molar refractivity (Wildman–Crippen MR) is 85.1 cm³/mol. The van der Waals surface area contributed by atoms with Gasteiger partial charge >= 0.3 is 0 Å². The molecule has 3 nitrogen and oxygen atoms in total. The van der Waals surface area contributed by atoms with Gasteiger partial charge in [0, 0.05) is 10.5 Å². The lowest BCUT2D eigenvalue weighted by atomic mass is 10.2. The SMILES string of the molecule is COc1ccc(Cl)c(NC(=O)c2cc(Br)ccc2Cl)c1. The van der Waals surface area contributed by atoms with E-state index in [1.807, 2.05) is 0 Å². The van der Waals surface area contributed by atoms with Crippen molar-refractivity contribution in [2.75, 3.05) is 12.4 Å². The third-order valence-electron chi connectivity index (χ3n) is 2.59. The Morgan fingerprint density at radius 1 is 1.15 bits per heavy atom. The first-order valence-corrected chi connectivity index (χ1v) is 7.16. The molecule has 0 aliphatic rings. The fourth-order valence-corrected chi connectivity index (χ4v) is 2.32. The summed E-state index contributed by atoms with van der Waals surface area (Å²) in [6.07, 6.45) is 0. The molecule has 0 aromatic heterocycles. The van der Waals surface area contributed by atoms with Crippen molar-refractivity contribution in [2.24, 2.45) is 0 Å². The number of hydrogen-bond donors (Lipinski definition) is 1. The minimum atomic E-state index is -0.341. The van der Waals surface area contributed by atoms with Gasteiger partial charge in [-0.1, -0.05) is 39.1 Å². The lowest BCUT2D eigenvalue weighted by molar-refractivity contribution is 0.102. The van der Waals surface area contributed by atoms with Crippen LogP contribution in [0.4, 0.5) is 5.69 Å². The van der Waals surface area contributed by atoms with E-state index in [0.717, 1.165) is 4.47 Å². The van der Waals surface area contributed by atoms with Crippen LogP contribution in [0.15, 0.2) is 40.9 Å². The van der Waals surface area contributed by atoms with Crippen LogP contribution in [0, 0.1) is 0 Å². The second kappa shape index (κ2) is 6.48. The van der Waals surface area contributed by atoms with Crippen LogP contribution >= 0.6 is 39.1 Å². The molecule has 0 aliphatic heterocycles. The van der Waals surface area contributed by atoms with E-state index in [9.17, 15) is 4.79 Å². The van der Waals surface area contributed by atoms with Crippen LogP contribution in [0.25, 0.3) is 0 Å². The molecule has 0 bridgehead atoms. The van der Waals surface area contributed by atoms with E-state index in [-0.39, 0.29) is 5.91 Å². The van der Waals surface area contributed by atoms with Gasteiger partial charge in [0.15, 0.2) is 0 Å². The van der Waals surface area contributed by atoms with E-state index in [1.54, 1.807) is 43.5 Å². The number of ether oxygens (including phenoxy) is 1. The van der Waals surface area contributed by atoms with Gasteiger partial charge in [-0.3, -0.25) is 4.79 Å². The number of rotatable bonds is 3. The second-order valence-corrected chi connectivity index (χ2v) is 5.65. The van der Waals surface area contributed by atoms with E-state index in [0.29, 0.717) is 27.0 Å². The van der Waals surface area contributed by atoms with Gasteiger partial charge in [0.2, 0.25) is 0 Å². The number of anilines is 1. The first kappa shape index (κ1) is 15.2. The molecule has 0 spiro atoms. The number of hydrogen-bond acceptors (Lipinski definition) is 2. The smallest absolute Gasteiger partial charge is 0.257 e. The van der Waals surface area contributed by atoms with Crippen molar-refractivity contribution in [1.29, 1.82) is 0 Å². The summed E-state index contributed by atoms with van der Waals surface area (Å²) in [5.41, 5.74) is 0.826. The molecule has 0 saturated carbocycles. The number of amides is 1. The largest absolute Gasteiger partial charge is 0.497 e. The summed E-state index contributed by atoms with van der Waals surface area (Å²) in [4.78, 5) is 12.2. The van der Waals surface area contributed by atoms with Crippen molar-refractivity contribution in [1.82, 2.24) is 0 Å². The highest BCUT2D eigenvalue weighted by molar-refractivity contribution is 9.10. The van der Waals surface area contributed by atoms with E-state index < -0.39 is 0 Å². The first-order chi connectivity index (χ1) is 9.51. The molecule has 1 amide bonds. The summed E-state index contributed by atoms with van der Waals surface area (Å²) in [5, 5.41) is 3.50. The molecule has 20 heavy (non-hydrogen) atoms. The molecule has 1 N–H and O–H groups in total. The minimum absolute atomic E-state index is 0.341. The molecule has 2 aromatic rings. The maximum Gasteiger partial charge on any atom is 0.257 e. The summed E-state index contributed by atoms with van der Waals surface area (Å²) < 4.78 is 5.86. The average molecular weight is 375 g/mol. The zero-order valence-electron chi connectivity index (χ0n) is 10.4. The predicted octanol–water partition coefficient (Wildman–Crippen LogP) is 5.02. The Labute approximate surface area is 135 Å². The number of carbonyl (C=O) groups excluding carboxylic acids is 1. The van der Waals surface area contributed by atoms with Crippen LogP contribution in [-0.4, -0.2) is 13.0 Å². The normalized spacial score (nSPS) is 10.2. The number of halogens is 3. The van der Waals surface area contributed by atoms with Crippen molar-refractivity contribution in [3.8, 4) is 5.75 Å². The maximum absolute atomic E-state index is 12.2. The fraction of sp³-hybridized carbons (Fsp3) is 0.0714. The van der Waals surface area contributed by atoms with E-state index >= 15 is 0 Å². The second-order valence-electron chi connectivity index (χ2n) is 3.92. The zero-order chi connectivity index (χ0) is 14.7. The monoisotopic (exact) mass is 373 g/mol. The van der Waals surface area contributed by atoms with Gasteiger partial charge in [0.05, 0.1) is 28.4 Å². The van der Waals surface area contributed by atoms with Gasteiger partial charge in [0.25, 0.3) is 5.91 Å². The quantitative estimate of drug-likeness (QED) is 0.819. The summed E-state index contributed by atoms with van der Waals surface area (Å²) in [6, 6.07) is 10.1. The van der Waals surface area contributed by atoms with Gasteiger partial charge in [-0.2, -0.15) is 0 Å². The first-order valence-electron chi connectivity index (χ1n) is 5.61. The molecular formula is C14H10BrCl2NO2. The van der Waals surface area contributed by atoms with Gasteiger partial charge in [-0.15, -0.1) is 0 Å². The Hall–Kier alpha value is -1.23. The van der Waals surface area contributed by atoms with Crippen molar-refractivity contribution in [3.63, 3.8) is 0 Å². The maximum atomic E-state index is 12.2. The zero-order valence-corrected chi connectivity index (χ0v) is 13.5. The Balaban J connectivity index is 2.30. The number of nitrogens with one attached hydrogen (secondary N) is 1. The van der Waals surface area contributed by atoms with Crippen LogP contribution in [0.2, 0.25) is 10.0 Å². The van der Waals surface area contributed by atoms with Crippen LogP contribution < -0.4 is 10.1 Å². The van der Waals surface area contributed by atoms with Crippen LogP contribution in [0.5, 0.6) is 5.75 Å². The lowest BCUT2D eigenvalue weighted by Crippen LogP contribution is -2.13. The van der Waals surface area contributed by atoms with E-state index in [1.165, 1.54) is 0 Å². The van der Waals surface area contributed by atoms with Crippen molar-refractivity contribution in [2.45, 2.75) is 0 Å². The molecule has 6 heteroatoms. The van der Waals surface area contributed by atoms with E-state index in [4.69, 9.17) is 27.9 Å². The highest BCUT2D eigenvalue weighted by atomic mass is 79.9. The molecule has 0 radical (unpaired) electrons. The molecule has 0 aliphatic carbocycles. The highest BCUT2D eigenvalue weighted by Crippen LogP contribution is 2.28. The van der Waals surface area contributed by atoms with E-state index in [2.05, 4.69) is 21.2 Å². The summed E-state index contributed by atoms with van der Waals surface area (Å²) in [7, 11) is 1.54. The number of methoxy groups -OCH3 is 1. The van der Waals surface area contributed by atoms with Crippen LogP contribution in [0.1, 0.15) is 10.4 Å². The molecule has 0 saturated heterocycles.